The summed E-state index contributed by atoms with van der Waals surface area (Å²) in [5, 5.41) is 13.9. The second-order valence-electron chi connectivity index (χ2n) is 7.98. The van der Waals surface area contributed by atoms with Gasteiger partial charge >= 0.3 is 0 Å². The minimum absolute atomic E-state index is 0.113. The smallest absolute Gasteiger partial charge is 0.275 e. The van der Waals surface area contributed by atoms with Gasteiger partial charge in [-0.3, -0.25) is 14.9 Å². The summed E-state index contributed by atoms with van der Waals surface area (Å²) in [6, 6.07) is 6.92. The van der Waals surface area contributed by atoms with E-state index in [1.54, 1.807) is 24.3 Å². The number of hydrogen-bond donors (Lipinski definition) is 2. The summed E-state index contributed by atoms with van der Waals surface area (Å²) < 4.78 is 0. The number of nitrogens with one attached hydrogen (secondary N) is 2. The molecule has 1 aliphatic rings. The molecule has 0 aliphatic carbocycles. The lowest BCUT2D eigenvalue weighted by Gasteiger charge is -2.33. The highest BCUT2D eigenvalue weighted by molar-refractivity contribution is 5.77. The van der Waals surface area contributed by atoms with E-state index in [-0.39, 0.29) is 22.6 Å². The van der Waals surface area contributed by atoms with Crippen LogP contribution in [-0.4, -0.2) is 49.6 Å². The molecule has 1 heterocycles. The molecule has 0 bridgehead atoms. The molecule has 1 aliphatic heterocycles. The van der Waals surface area contributed by atoms with Crippen LogP contribution < -0.4 is 15.1 Å². The number of non-ortho nitro benzene ring substituents is 1. The molecule has 2 N–H and O–H groups in total. The summed E-state index contributed by atoms with van der Waals surface area (Å²) in [6.45, 7) is 10.5. The molecule has 1 fully saturated rings. The lowest BCUT2D eigenvalue weighted by atomic mass is 10.0. The van der Waals surface area contributed by atoms with Gasteiger partial charge in [0.05, 0.1) is 31.1 Å². The van der Waals surface area contributed by atoms with Crippen molar-refractivity contribution in [1.29, 1.82) is 0 Å². The van der Waals surface area contributed by atoms with Crippen LogP contribution in [0.5, 0.6) is 0 Å². The zero-order chi connectivity index (χ0) is 19.8. The summed E-state index contributed by atoms with van der Waals surface area (Å²) >= 11 is 0. The Morgan fingerprint density at radius 1 is 1.19 bits per heavy atom. The fraction of sp³-hybridized carbons (Fsp3) is 0.650. The van der Waals surface area contributed by atoms with E-state index in [0.29, 0.717) is 12.5 Å². The van der Waals surface area contributed by atoms with Crippen LogP contribution >= 0.6 is 0 Å². The molecule has 0 unspecified atom stereocenters. The maximum Gasteiger partial charge on any atom is 0.275 e. The first-order valence-electron chi connectivity index (χ1n) is 9.97. The van der Waals surface area contributed by atoms with Crippen LogP contribution in [0, 0.1) is 16.0 Å². The number of piperazine rings is 1. The number of benzene rings is 1. The first kappa shape index (κ1) is 21.2. The van der Waals surface area contributed by atoms with Gasteiger partial charge in [0.1, 0.15) is 0 Å². The van der Waals surface area contributed by atoms with E-state index >= 15 is 0 Å². The molecule has 2 rings (SSSR count). The molecule has 1 aromatic carbocycles. The van der Waals surface area contributed by atoms with Crippen molar-refractivity contribution in [1.82, 2.24) is 5.32 Å². The third kappa shape index (κ3) is 7.17. The monoisotopic (exact) mass is 377 g/mol. The number of carbonyl (C=O) groups is 1. The molecule has 1 amide bonds. The van der Waals surface area contributed by atoms with Crippen molar-refractivity contribution in [2.45, 2.75) is 46.1 Å². The van der Waals surface area contributed by atoms with E-state index in [4.69, 9.17) is 0 Å². The lowest BCUT2D eigenvalue weighted by molar-refractivity contribution is -0.892. The van der Waals surface area contributed by atoms with Gasteiger partial charge in [0, 0.05) is 23.9 Å². The van der Waals surface area contributed by atoms with Crippen LogP contribution in [0.15, 0.2) is 24.3 Å². The lowest BCUT2D eigenvalue weighted by Crippen LogP contribution is -3.16. The minimum atomic E-state index is -0.381. The molecule has 0 radical (unpaired) electrons. The average molecular weight is 378 g/mol. The van der Waals surface area contributed by atoms with Gasteiger partial charge in [0.2, 0.25) is 0 Å². The molecule has 1 atom stereocenters. The maximum atomic E-state index is 12.3. The van der Waals surface area contributed by atoms with E-state index in [0.717, 1.165) is 44.7 Å². The number of carbonyl (C=O) groups excluding carboxylic acids is 1. The van der Waals surface area contributed by atoms with Gasteiger partial charge in [0.25, 0.3) is 11.6 Å². The Balaban J connectivity index is 1.70. The van der Waals surface area contributed by atoms with Crippen molar-refractivity contribution in [2.75, 3.05) is 37.6 Å². The van der Waals surface area contributed by atoms with Gasteiger partial charge in [-0.05, 0) is 31.4 Å². The van der Waals surface area contributed by atoms with Crippen LogP contribution in [0.1, 0.15) is 40.0 Å². The Kier molecular flexibility index (Phi) is 8.03. The van der Waals surface area contributed by atoms with E-state index in [2.05, 4.69) is 31.0 Å². The van der Waals surface area contributed by atoms with E-state index in [1.165, 1.54) is 11.3 Å². The molecule has 0 spiro atoms. The Hall–Kier alpha value is -2.15. The van der Waals surface area contributed by atoms with Gasteiger partial charge < -0.3 is 15.1 Å². The molecule has 1 saturated heterocycles. The first-order valence-corrected chi connectivity index (χ1v) is 9.97. The number of nitrogens with zero attached hydrogens (tertiary/aromatic N) is 2. The van der Waals surface area contributed by atoms with E-state index in [1.807, 2.05) is 0 Å². The molecule has 27 heavy (non-hydrogen) atoms. The number of hydrogen-bond acceptors (Lipinski definition) is 4. The number of quaternary nitrogens is 1. The van der Waals surface area contributed by atoms with Gasteiger partial charge in [-0.2, -0.15) is 0 Å². The highest BCUT2D eigenvalue weighted by Crippen LogP contribution is 2.19. The van der Waals surface area contributed by atoms with Gasteiger partial charge in [-0.15, -0.1) is 0 Å². The predicted octanol–water partition coefficient (Wildman–Crippen LogP) is 1.63. The van der Waals surface area contributed by atoms with Crippen LogP contribution in [0.2, 0.25) is 0 Å². The third-order valence-electron chi connectivity index (χ3n) is 5.13. The maximum absolute atomic E-state index is 12.3. The van der Waals surface area contributed by atoms with Crippen molar-refractivity contribution >= 4 is 17.3 Å². The Labute approximate surface area is 161 Å². The van der Waals surface area contributed by atoms with E-state index < -0.39 is 0 Å². The Morgan fingerprint density at radius 3 is 2.37 bits per heavy atom. The van der Waals surface area contributed by atoms with Gasteiger partial charge in [-0.25, -0.2) is 0 Å². The van der Waals surface area contributed by atoms with Crippen LogP contribution in [0.25, 0.3) is 0 Å². The zero-order valence-corrected chi connectivity index (χ0v) is 16.7. The topological polar surface area (TPSA) is 79.9 Å². The van der Waals surface area contributed by atoms with Crippen molar-refractivity contribution < 1.29 is 14.6 Å². The molecule has 0 saturated carbocycles. The normalized spacial score (nSPS) is 16.4. The van der Waals surface area contributed by atoms with Crippen molar-refractivity contribution in [2.24, 2.45) is 5.92 Å². The van der Waals surface area contributed by atoms with Gasteiger partial charge in [0.15, 0.2) is 6.54 Å². The molecule has 1 aromatic rings. The largest absolute Gasteiger partial charge is 0.360 e. The fourth-order valence-electron chi connectivity index (χ4n) is 3.50. The summed E-state index contributed by atoms with van der Waals surface area (Å²) in [5.41, 5.74) is 1.12. The van der Waals surface area contributed by atoms with Crippen molar-refractivity contribution in [3.8, 4) is 0 Å². The van der Waals surface area contributed by atoms with Crippen LogP contribution in [0.4, 0.5) is 11.4 Å². The van der Waals surface area contributed by atoms with E-state index in [9.17, 15) is 14.9 Å². The number of nitro benzene ring substituents is 1. The number of anilines is 1. The Bertz CT molecular complexity index is 610. The van der Waals surface area contributed by atoms with Crippen LogP contribution in [-0.2, 0) is 4.79 Å². The summed E-state index contributed by atoms with van der Waals surface area (Å²) in [6.07, 6.45) is 3.39. The van der Waals surface area contributed by atoms with Crippen LogP contribution in [0.3, 0.4) is 0 Å². The summed E-state index contributed by atoms with van der Waals surface area (Å²) in [5.74, 6) is 0.843. The fourth-order valence-corrected chi connectivity index (χ4v) is 3.50. The Morgan fingerprint density at radius 2 is 1.81 bits per heavy atom. The summed E-state index contributed by atoms with van der Waals surface area (Å²) in [7, 11) is 0. The molecular weight excluding hydrogens is 344 g/mol. The second-order valence-corrected chi connectivity index (χ2v) is 7.98. The number of nitro groups is 1. The SMILES string of the molecule is CC(C)CCC[C@H](C)NC(=O)C[NH+]1CCN(c2ccc([N+](=O)[O-])cc2)CC1. The van der Waals surface area contributed by atoms with Gasteiger partial charge in [-0.1, -0.05) is 26.7 Å². The molecule has 7 nitrogen and oxygen atoms in total. The minimum Gasteiger partial charge on any atom is -0.360 e. The predicted molar refractivity (Wildman–Crippen MR) is 107 cm³/mol. The number of amides is 1. The molecule has 7 heteroatoms. The molecule has 150 valence electrons. The average Bonchev–Trinajstić information content (AvgIpc) is 2.62. The zero-order valence-electron chi connectivity index (χ0n) is 16.7. The molecule has 0 aromatic heterocycles. The van der Waals surface area contributed by atoms with Crippen molar-refractivity contribution in [3.05, 3.63) is 34.4 Å². The van der Waals surface area contributed by atoms with Crippen molar-refractivity contribution in [3.63, 3.8) is 0 Å². The molecular formula is C20H33N4O3+. The third-order valence-corrected chi connectivity index (χ3v) is 5.13. The highest BCUT2D eigenvalue weighted by atomic mass is 16.6. The number of rotatable bonds is 9. The quantitative estimate of drug-likeness (QED) is 0.506. The standard InChI is InChI=1S/C20H32N4O3/c1-16(2)5-4-6-17(3)21-20(25)15-22-11-13-23(14-12-22)18-7-9-19(10-8-18)24(26)27/h7-10,16-17H,4-6,11-15H2,1-3H3,(H,21,25)/p+1/t17-/m0/s1. The first-order chi connectivity index (χ1) is 12.8. The summed E-state index contributed by atoms with van der Waals surface area (Å²) in [4.78, 5) is 26.1. The highest BCUT2D eigenvalue weighted by Gasteiger charge is 2.23. The second kappa shape index (κ2) is 10.3.